The van der Waals surface area contributed by atoms with Crippen molar-refractivity contribution in [1.29, 1.82) is 0 Å². The summed E-state index contributed by atoms with van der Waals surface area (Å²) in [5.41, 5.74) is 3.26. The van der Waals surface area contributed by atoms with Crippen LogP contribution in [0.1, 0.15) is 48.2 Å². The summed E-state index contributed by atoms with van der Waals surface area (Å²) in [6.45, 7) is 6.41. The number of benzene rings is 1. The topological polar surface area (TPSA) is 28.5 Å². The highest BCUT2D eigenvalue weighted by atomic mass is 16.2. The van der Waals surface area contributed by atoms with Crippen LogP contribution in [0.15, 0.2) is 24.3 Å². The Morgan fingerprint density at radius 1 is 1.11 bits per heavy atom. The molecule has 0 N–H and O–H groups in total. The molecule has 1 aromatic carbocycles. The number of carbonyl (C=O) groups is 1. The smallest absolute Gasteiger partial charge is 0.270 e. The number of aryl methyl sites for hydroxylation is 2. The molecule has 0 spiro atoms. The normalized spacial score (nSPS) is 26.4. The highest BCUT2D eigenvalue weighted by Gasteiger charge is 2.38. The highest BCUT2D eigenvalue weighted by Crippen LogP contribution is 2.34. The van der Waals surface area contributed by atoms with Crippen molar-refractivity contribution >= 4 is 16.8 Å². The van der Waals surface area contributed by atoms with Crippen molar-refractivity contribution in [1.82, 2.24) is 14.4 Å². The minimum absolute atomic E-state index is 0.218. The lowest BCUT2D eigenvalue weighted by molar-refractivity contribution is 0.0709. The van der Waals surface area contributed by atoms with Crippen LogP contribution in [0.25, 0.3) is 10.9 Å². The number of para-hydroxylation sites is 1. The van der Waals surface area contributed by atoms with E-state index in [1.54, 1.807) is 0 Å². The van der Waals surface area contributed by atoms with Gasteiger partial charge >= 0.3 is 0 Å². The summed E-state index contributed by atoms with van der Waals surface area (Å²) < 4.78 is 2.10. The molecule has 2 aromatic rings. The van der Waals surface area contributed by atoms with Crippen LogP contribution in [0.2, 0.25) is 0 Å². The lowest BCUT2D eigenvalue weighted by atomic mass is 9.83. The maximum atomic E-state index is 13.5. The van der Waals surface area contributed by atoms with E-state index in [-0.39, 0.29) is 5.91 Å². The molecule has 4 heterocycles. The van der Waals surface area contributed by atoms with Crippen molar-refractivity contribution in [2.24, 2.45) is 18.9 Å². The lowest BCUT2D eigenvalue weighted by Crippen LogP contribution is -2.47. The van der Waals surface area contributed by atoms with Gasteiger partial charge in [-0.1, -0.05) is 24.6 Å². The standard InChI is InChI=1S/C23H31N3O/c1-16-5-3-8-19-11-21(24(2)22(16)19)23(27)26-14-18-9-10-20(15-26)25(13-18)12-17-6-4-7-17/h3,5,8,11,17-18,20H,4,6-7,9-10,12-15H2,1-2H3/t18-,20-/m1/s1. The Hall–Kier alpha value is -1.81. The minimum Gasteiger partial charge on any atom is -0.339 e. The van der Waals surface area contributed by atoms with Crippen LogP contribution in [-0.2, 0) is 7.05 Å². The molecule has 1 aromatic heterocycles. The van der Waals surface area contributed by atoms with Crippen LogP contribution in [0.3, 0.4) is 0 Å². The van der Waals surface area contributed by atoms with Crippen molar-refractivity contribution in [3.8, 4) is 0 Å². The van der Waals surface area contributed by atoms with Gasteiger partial charge in [-0.2, -0.15) is 0 Å². The van der Waals surface area contributed by atoms with Crippen LogP contribution in [0, 0.1) is 18.8 Å². The highest BCUT2D eigenvalue weighted by molar-refractivity contribution is 5.99. The first-order valence-electron chi connectivity index (χ1n) is 10.7. The molecule has 1 amide bonds. The first-order valence-corrected chi connectivity index (χ1v) is 10.7. The van der Waals surface area contributed by atoms with Crippen molar-refractivity contribution < 1.29 is 4.79 Å². The number of carbonyl (C=O) groups excluding carboxylic acids is 1. The van der Waals surface area contributed by atoms with E-state index in [0.717, 1.165) is 24.7 Å². The number of amides is 1. The van der Waals surface area contributed by atoms with E-state index in [0.29, 0.717) is 12.0 Å². The SMILES string of the molecule is Cc1cccc2cc(C(=O)N3C[C@@H]4CC[C@H](C3)N(CC3CCC3)C4)n(C)c12. The van der Waals surface area contributed by atoms with Gasteiger partial charge in [0.1, 0.15) is 5.69 Å². The number of nitrogens with zero attached hydrogens (tertiary/aromatic N) is 3. The summed E-state index contributed by atoms with van der Waals surface area (Å²) in [7, 11) is 2.04. The van der Waals surface area contributed by atoms with Crippen LogP contribution in [0.4, 0.5) is 0 Å². The van der Waals surface area contributed by atoms with Crippen molar-refractivity contribution in [3.05, 3.63) is 35.5 Å². The molecule has 144 valence electrons. The summed E-state index contributed by atoms with van der Waals surface area (Å²) in [4.78, 5) is 18.3. The van der Waals surface area contributed by atoms with E-state index in [2.05, 4.69) is 45.6 Å². The maximum absolute atomic E-state index is 13.5. The Labute approximate surface area is 162 Å². The van der Waals surface area contributed by atoms with Crippen molar-refractivity contribution in [3.63, 3.8) is 0 Å². The molecule has 1 saturated carbocycles. The monoisotopic (exact) mass is 365 g/mol. The third kappa shape index (κ3) is 2.98. The third-order valence-electron chi connectivity index (χ3n) is 7.31. The molecule has 4 nitrogen and oxygen atoms in total. The Morgan fingerprint density at radius 3 is 2.70 bits per heavy atom. The molecular weight excluding hydrogens is 334 g/mol. The Morgan fingerprint density at radius 2 is 1.96 bits per heavy atom. The first-order chi connectivity index (χ1) is 13.1. The van der Waals surface area contributed by atoms with E-state index in [1.165, 1.54) is 61.7 Å². The summed E-state index contributed by atoms with van der Waals surface area (Å²) in [6.07, 6.45) is 6.77. The van der Waals surface area contributed by atoms with E-state index in [4.69, 9.17) is 0 Å². The molecule has 4 heteroatoms. The van der Waals surface area contributed by atoms with Crippen LogP contribution in [-0.4, -0.2) is 52.5 Å². The molecule has 0 radical (unpaired) electrons. The molecule has 0 unspecified atom stereocenters. The summed E-state index contributed by atoms with van der Waals surface area (Å²) >= 11 is 0. The second kappa shape index (κ2) is 6.66. The van der Waals surface area contributed by atoms with Gasteiger partial charge in [-0.3, -0.25) is 9.69 Å². The van der Waals surface area contributed by atoms with Gasteiger partial charge in [0.25, 0.3) is 5.91 Å². The first kappa shape index (κ1) is 17.3. The largest absolute Gasteiger partial charge is 0.339 e. The van der Waals surface area contributed by atoms with Gasteiger partial charge in [0, 0.05) is 44.7 Å². The molecule has 4 fully saturated rings. The number of hydrogen-bond donors (Lipinski definition) is 0. The second-order valence-corrected chi connectivity index (χ2v) is 9.16. The predicted octanol–water partition coefficient (Wildman–Crippen LogP) is 3.82. The molecule has 2 bridgehead atoms. The van der Waals surface area contributed by atoms with Gasteiger partial charge in [0.15, 0.2) is 0 Å². The van der Waals surface area contributed by atoms with E-state index < -0.39 is 0 Å². The Balaban J connectivity index is 1.39. The van der Waals surface area contributed by atoms with Gasteiger partial charge < -0.3 is 9.47 Å². The molecular formula is C23H31N3O. The summed E-state index contributed by atoms with van der Waals surface area (Å²) in [5, 5.41) is 1.17. The third-order valence-corrected chi connectivity index (χ3v) is 7.31. The molecule has 2 atom stereocenters. The predicted molar refractivity (Wildman–Crippen MR) is 109 cm³/mol. The van der Waals surface area contributed by atoms with Gasteiger partial charge in [0.05, 0.1) is 5.52 Å². The zero-order valence-corrected chi connectivity index (χ0v) is 16.7. The number of rotatable bonds is 3. The number of fused-ring (bicyclic) bond motifs is 5. The number of hydrogen-bond acceptors (Lipinski definition) is 2. The molecule has 27 heavy (non-hydrogen) atoms. The minimum atomic E-state index is 0.218. The van der Waals surface area contributed by atoms with E-state index in [9.17, 15) is 4.79 Å². The van der Waals surface area contributed by atoms with Gasteiger partial charge in [-0.15, -0.1) is 0 Å². The molecule has 6 rings (SSSR count). The Bertz CT molecular complexity index is 866. The van der Waals surface area contributed by atoms with Gasteiger partial charge in [-0.25, -0.2) is 0 Å². The zero-order valence-electron chi connectivity index (χ0n) is 16.7. The van der Waals surface area contributed by atoms with Gasteiger partial charge in [-0.05, 0) is 56.1 Å². The van der Waals surface area contributed by atoms with Gasteiger partial charge in [0.2, 0.25) is 0 Å². The van der Waals surface area contributed by atoms with Crippen LogP contribution in [0.5, 0.6) is 0 Å². The second-order valence-electron chi connectivity index (χ2n) is 9.16. The molecule has 1 aliphatic carbocycles. The molecule has 3 aliphatic heterocycles. The van der Waals surface area contributed by atoms with Crippen LogP contribution < -0.4 is 0 Å². The quantitative estimate of drug-likeness (QED) is 0.827. The molecule has 3 saturated heterocycles. The number of piperidine rings is 1. The van der Waals surface area contributed by atoms with Crippen LogP contribution >= 0.6 is 0 Å². The van der Waals surface area contributed by atoms with Crippen molar-refractivity contribution in [2.75, 3.05) is 26.2 Å². The zero-order chi connectivity index (χ0) is 18.5. The lowest BCUT2D eigenvalue weighted by Gasteiger charge is -2.40. The maximum Gasteiger partial charge on any atom is 0.270 e. The summed E-state index contributed by atoms with van der Waals surface area (Å²) in [6, 6.07) is 8.97. The average Bonchev–Trinajstić information content (AvgIpc) is 2.77. The fourth-order valence-corrected chi connectivity index (χ4v) is 5.56. The van der Waals surface area contributed by atoms with E-state index >= 15 is 0 Å². The molecule has 4 aliphatic rings. The van der Waals surface area contributed by atoms with E-state index in [1.807, 2.05) is 7.05 Å². The fourth-order valence-electron chi connectivity index (χ4n) is 5.56. The summed E-state index contributed by atoms with van der Waals surface area (Å²) in [5.74, 6) is 1.77. The number of aromatic nitrogens is 1. The Kier molecular flexibility index (Phi) is 4.27. The fraction of sp³-hybridized carbons (Fsp3) is 0.609. The average molecular weight is 366 g/mol. The van der Waals surface area contributed by atoms with Crippen molar-refractivity contribution in [2.45, 2.75) is 45.1 Å².